The topological polar surface area (TPSA) is 45.8 Å². The lowest BCUT2D eigenvalue weighted by Gasteiger charge is -2.03. The van der Waals surface area contributed by atoms with E-state index in [2.05, 4.69) is 9.97 Å². The maximum absolute atomic E-state index is 11.1. The Hall–Kier alpha value is -1.32. The highest BCUT2D eigenvalue weighted by Crippen LogP contribution is 2.22. The minimum absolute atomic E-state index is 0.171. The molecule has 16 heavy (non-hydrogen) atoms. The van der Waals surface area contributed by atoms with E-state index in [0.29, 0.717) is 22.3 Å². The first-order chi connectivity index (χ1) is 7.65. The van der Waals surface area contributed by atoms with E-state index < -0.39 is 0 Å². The normalized spacial score (nSPS) is 10.4. The van der Waals surface area contributed by atoms with Crippen molar-refractivity contribution in [1.29, 1.82) is 0 Å². The second-order valence-corrected chi connectivity index (χ2v) is 4.14. The molecular formula is C11H8Cl2N2O. The van der Waals surface area contributed by atoms with Crippen LogP contribution in [0.25, 0.3) is 0 Å². The van der Waals surface area contributed by atoms with Crippen LogP contribution in [0.3, 0.4) is 0 Å². The van der Waals surface area contributed by atoms with E-state index in [0.717, 1.165) is 5.56 Å². The zero-order valence-electron chi connectivity index (χ0n) is 8.21. The predicted octanol–water partition coefficient (Wildman–Crippen LogP) is 2.67. The fourth-order valence-corrected chi connectivity index (χ4v) is 1.82. The first-order valence-corrected chi connectivity index (χ1v) is 5.39. The van der Waals surface area contributed by atoms with Crippen LogP contribution >= 0.6 is 23.2 Å². The molecule has 0 bridgehead atoms. The molecule has 0 aliphatic carbocycles. The van der Waals surface area contributed by atoms with Gasteiger partial charge in [-0.05, 0) is 17.7 Å². The molecule has 0 aliphatic rings. The Labute approximate surface area is 102 Å². The number of halogens is 2. The zero-order chi connectivity index (χ0) is 11.5. The highest BCUT2D eigenvalue weighted by atomic mass is 35.5. The first kappa shape index (κ1) is 11.2. The van der Waals surface area contributed by atoms with E-state index in [9.17, 15) is 4.79 Å². The summed E-state index contributed by atoms with van der Waals surface area (Å²) in [6.45, 7) is 0. The fraction of sp³-hybridized carbons (Fsp3) is 0.0909. The van der Waals surface area contributed by atoms with Gasteiger partial charge in [0.1, 0.15) is 5.82 Å². The Morgan fingerprint density at radius 1 is 1.25 bits per heavy atom. The number of aromatic amines is 1. The van der Waals surface area contributed by atoms with Gasteiger partial charge in [0.05, 0.1) is 0 Å². The standard InChI is InChI=1S/C11H8Cl2N2O/c12-8-2-1-7(9(13)6-8)5-10-14-4-3-11(16)15-10/h1-4,6H,5H2,(H,14,15,16). The van der Waals surface area contributed by atoms with E-state index in [1.54, 1.807) is 12.1 Å². The number of H-pyrrole nitrogens is 1. The van der Waals surface area contributed by atoms with Crippen molar-refractivity contribution in [2.24, 2.45) is 0 Å². The number of hydrogen-bond donors (Lipinski definition) is 1. The molecule has 0 saturated carbocycles. The minimum Gasteiger partial charge on any atom is -0.310 e. The maximum atomic E-state index is 11.1. The molecule has 0 spiro atoms. The van der Waals surface area contributed by atoms with Crippen LogP contribution in [0.5, 0.6) is 0 Å². The molecular weight excluding hydrogens is 247 g/mol. The van der Waals surface area contributed by atoms with Crippen molar-refractivity contribution in [3.05, 3.63) is 62.2 Å². The van der Waals surface area contributed by atoms with E-state index >= 15 is 0 Å². The summed E-state index contributed by atoms with van der Waals surface area (Å²) >= 11 is 11.8. The number of benzene rings is 1. The molecule has 0 unspecified atom stereocenters. The van der Waals surface area contributed by atoms with Gasteiger partial charge in [-0.25, -0.2) is 4.98 Å². The first-order valence-electron chi connectivity index (χ1n) is 4.63. The zero-order valence-corrected chi connectivity index (χ0v) is 9.72. The van der Waals surface area contributed by atoms with Crippen molar-refractivity contribution < 1.29 is 0 Å². The summed E-state index contributed by atoms with van der Waals surface area (Å²) in [5.74, 6) is 0.580. The van der Waals surface area contributed by atoms with Gasteiger partial charge in [0.2, 0.25) is 0 Å². The van der Waals surface area contributed by atoms with Crippen LogP contribution in [0.1, 0.15) is 11.4 Å². The molecule has 1 aromatic heterocycles. The maximum Gasteiger partial charge on any atom is 0.250 e. The van der Waals surface area contributed by atoms with Gasteiger partial charge in [-0.1, -0.05) is 29.3 Å². The quantitative estimate of drug-likeness (QED) is 0.896. The van der Waals surface area contributed by atoms with Crippen molar-refractivity contribution >= 4 is 23.2 Å². The number of nitrogens with one attached hydrogen (secondary N) is 1. The molecule has 1 heterocycles. The van der Waals surface area contributed by atoms with Crippen molar-refractivity contribution in [2.75, 3.05) is 0 Å². The lowest BCUT2D eigenvalue weighted by atomic mass is 10.1. The van der Waals surface area contributed by atoms with Gasteiger partial charge in [0.25, 0.3) is 5.56 Å². The molecule has 2 rings (SSSR count). The highest BCUT2D eigenvalue weighted by molar-refractivity contribution is 6.35. The molecule has 82 valence electrons. The van der Waals surface area contributed by atoms with Crippen LogP contribution in [0, 0.1) is 0 Å². The molecule has 0 fully saturated rings. The average Bonchev–Trinajstić information content (AvgIpc) is 2.22. The summed E-state index contributed by atoms with van der Waals surface area (Å²) in [4.78, 5) is 17.8. The lowest BCUT2D eigenvalue weighted by Crippen LogP contribution is -2.09. The van der Waals surface area contributed by atoms with Gasteiger partial charge < -0.3 is 4.98 Å². The average molecular weight is 255 g/mol. The monoisotopic (exact) mass is 254 g/mol. The van der Waals surface area contributed by atoms with Crippen molar-refractivity contribution in [3.63, 3.8) is 0 Å². The van der Waals surface area contributed by atoms with Gasteiger partial charge in [0, 0.05) is 28.7 Å². The van der Waals surface area contributed by atoms with E-state index in [-0.39, 0.29) is 5.56 Å². The fourth-order valence-electron chi connectivity index (χ4n) is 1.35. The molecule has 1 N–H and O–H groups in total. The Bertz CT molecular complexity index is 566. The molecule has 3 nitrogen and oxygen atoms in total. The molecule has 0 amide bonds. The summed E-state index contributed by atoms with van der Waals surface area (Å²) in [6, 6.07) is 6.61. The van der Waals surface area contributed by atoms with Crippen molar-refractivity contribution in [2.45, 2.75) is 6.42 Å². The SMILES string of the molecule is O=c1ccnc(Cc2ccc(Cl)cc2Cl)[nH]1. The second kappa shape index (κ2) is 4.68. The van der Waals surface area contributed by atoms with Crippen LogP contribution < -0.4 is 5.56 Å². The van der Waals surface area contributed by atoms with Crippen LogP contribution in [0.4, 0.5) is 0 Å². The van der Waals surface area contributed by atoms with Crippen molar-refractivity contribution in [3.8, 4) is 0 Å². The van der Waals surface area contributed by atoms with Gasteiger partial charge in [-0.3, -0.25) is 4.79 Å². The predicted molar refractivity (Wildman–Crippen MR) is 64.1 cm³/mol. The Balaban J connectivity index is 2.30. The van der Waals surface area contributed by atoms with Crippen LogP contribution in [-0.4, -0.2) is 9.97 Å². The van der Waals surface area contributed by atoms with Gasteiger partial charge in [0.15, 0.2) is 0 Å². The van der Waals surface area contributed by atoms with E-state index in [1.807, 2.05) is 6.07 Å². The highest BCUT2D eigenvalue weighted by Gasteiger charge is 2.04. The third-order valence-electron chi connectivity index (χ3n) is 2.10. The number of nitrogens with zero attached hydrogens (tertiary/aromatic N) is 1. The van der Waals surface area contributed by atoms with Gasteiger partial charge in [-0.15, -0.1) is 0 Å². The van der Waals surface area contributed by atoms with Gasteiger partial charge in [-0.2, -0.15) is 0 Å². The second-order valence-electron chi connectivity index (χ2n) is 3.29. The summed E-state index contributed by atoms with van der Waals surface area (Å²) in [7, 11) is 0. The summed E-state index contributed by atoms with van der Waals surface area (Å²) in [6.07, 6.45) is 1.95. The molecule has 5 heteroatoms. The van der Waals surface area contributed by atoms with Crippen LogP contribution in [-0.2, 0) is 6.42 Å². The molecule has 0 radical (unpaired) electrons. The summed E-state index contributed by atoms with van der Waals surface area (Å²) in [5, 5.41) is 1.15. The third kappa shape index (κ3) is 2.62. The van der Waals surface area contributed by atoms with Gasteiger partial charge >= 0.3 is 0 Å². The Morgan fingerprint density at radius 3 is 2.75 bits per heavy atom. The Morgan fingerprint density at radius 2 is 2.06 bits per heavy atom. The smallest absolute Gasteiger partial charge is 0.250 e. The van der Waals surface area contributed by atoms with Crippen LogP contribution in [0.15, 0.2) is 35.3 Å². The number of rotatable bonds is 2. The number of aromatic nitrogens is 2. The molecule has 1 aromatic carbocycles. The van der Waals surface area contributed by atoms with E-state index in [1.165, 1.54) is 12.3 Å². The molecule has 2 aromatic rings. The van der Waals surface area contributed by atoms with Crippen LogP contribution in [0.2, 0.25) is 10.0 Å². The minimum atomic E-state index is -0.171. The summed E-state index contributed by atoms with van der Waals surface area (Å²) in [5.41, 5.74) is 0.704. The van der Waals surface area contributed by atoms with Crippen molar-refractivity contribution in [1.82, 2.24) is 9.97 Å². The largest absolute Gasteiger partial charge is 0.310 e. The Kier molecular flexibility index (Phi) is 3.27. The molecule has 0 atom stereocenters. The van der Waals surface area contributed by atoms with E-state index in [4.69, 9.17) is 23.2 Å². The number of hydrogen-bond acceptors (Lipinski definition) is 2. The summed E-state index contributed by atoms with van der Waals surface area (Å²) < 4.78 is 0. The third-order valence-corrected chi connectivity index (χ3v) is 2.68. The molecule has 0 aliphatic heterocycles. The molecule has 0 saturated heterocycles. The lowest BCUT2D eigenvalue weighted by molar-refractivity contribution is 0.946.